The molecular formula is C12H12O5. The fourth-order valence-electron chi connectivity index (χ4n) is 1.47. The van der Waals surface area contributed by atoms with Crippen LogP contribution in [0.5, 0.6) is 0 Å². The van der Waals surface area contributed by atoms with Gasteiger partial charge in [-0.2, -0.15) is 0 Å². The molecule has 0 fully saturated rings. The molecule has 5 nitrogen and oxygen atoms in total. The lowest BCUT2D eigenvalue weighted by Crippen LogP contribution is -2.25. The number of esters is 2. The van der Waals surface area contributed by atoms with E-state index < -0.39 is 17.9 Å². The first-order valence-electron chi connectivity index (χ1n) is 4.85. The van der Waals surface area contributed by atoms with Gasteiger partial charge in [0.15, 0.2) is 5.92 Å². The van der Waals surface area contributed by atoms with Crippen molar-refractivity contribution < 1.29 is 23.9 Å². The normalized spacial score (nSPS) is 9.82. The van der Waals surface area contributed by atoms with Crippen molar-refractivity contribution in [2.75, 3.05) is 14.2 Å². The van der Waals surface area contributed by atoms with Crippen molar-refractivity contribution in [3.05, 3.63) is 35.4 Å². The second kappa shape index (κ2) is 5.79. The Labute approximate surface area is 98.3 Å². The van der Waals surface area contributed by atoms with Crippen molar-refractivity contribution >= 4 is 18.2 Å². The molecule has 0 heterocycles. The Morgan fingerprint density at radius 3 is 2.12 bits per heavy atom. The first kappa shape index (κ1) is 12.9. The van der Waals surface area contributed by atoms with Crippen LogP contribution in [0.1, 0.15) is 21.8 Å². The number of carbonyl (C=O) groups excluding carboxylic acids is 3. The van der Waals surface area contributed by atoms with E-state index in [1.54, 1.807) is 12.1 Å². The van der Waals surface area contributed by atoms with E-state index in [-0.39, 0.29) is 11.1 Å². The largest absolute Gasteiger partial charge is 0.468 e. The number of benzene rings is 1. The molecule has 0 aliphatic heterocycles. The molecule has 0 aromatic heterocycles. The van der Waals surface area contributed by atoms with Crippen molar-refractivity contribution in [1.82, 2.24) is 0 Å². The van der Waals surface area contributed by atoms with Crippen LogP contribution in [-0.2, 0) is 19.1 Å². The summed E-state index contributed by atoms with van der Waals surface area (Å²) in [6, 6.07) is 6.30. The molecule has 0 radical (unpaired) electrons. The molecule has 0 aliphatic carbocycles. The molecule has 0 atom stereocenters. The standard InChI is InChI=1S/C12H12O5/c1-16-11(14)10(12(15)17-2)9-6-4-3-5-8(9)7-13/h3-7,10H,1-2H3. The lowest BCUT2D eigenvalue weighted by Gasteiger charge is -2.14. The molecule has 0 saturated carbocycles. The first-order chi connectivity index (χ1) is 8.15. The highest BCUT2D eigenvalue weighted by molar-refractivity contribution is 6.02. The van der Waals surface area contributed by atoms with Crippen LogP contribution < -0.4 is 0 Å². The Balaban J connectivity index is 3.26. The molecule has 17 heavy (non-hydrogen) atoms. The summed E-state index contributed by atoms with van der Waals surface area (Å²) in [5.41, 5.74) is 0.537. The third-order valence-corrected chi connectivity index (χ3v) is 2.31. The van der Waals surface area contributed by atoms with Crippen LogP contribution in [0, 0.1) is 0 Å². The van der Waals surface area contributed by atoms with E-state index in [0.717, 1.165) is 0 Å². The summed E-state index contributed by atoms with van der Waals surface area (Å²) >= 11 is 0. The molecule has 0 saturated heterocycles. The van der Waals surface area contributed by atoms with Crippen LogP contribution in [0.3, 0.4) is 0 Å². The SMILES string of the molecule is COC(=O)C(C(=O)OC)c1ccccc1C=O. The molecule has 0 bridgehead atoms. The van der Waals surface area contributed by atoms with Crippen molar-refractivity contribution in [3.63, 3.8) is 0 Å². The predicted octanol–water partition coefficient (Wildman–Crippen LogP) is 0.929. The predicted molar refractivity (Wildman–Crippen MR) is 58.6 cm³/mol. The Morgan fingerprint density at radius 1 is 1.12 bits per heavy atom. The zero-order chi connectivity index (χ0) is 12.8. The van der Waals surface area contributed by atoms with Gasteiger partial charge < -0.3 is 9.47 Å². The summed E-state index contributed by atoms with van der Waals surface area (Å²) < 4.78 is 9.07. The number of rotatable bonds is 4. The summed E-state index contributed by atoms with van der Waals surface area (Å²) in [7, 11) is 2.34. The van der Waals surface area contributed by atoms with E-state index in [2.05, 4.69) is 9.47 Å². The van der Waals surface area contributed by atoms with E-state index >= 15 is 0 Å². The highest BCUT2D eigenvalue weighted by atomic mass is 16.5. The van der Waals surface area contributed by atoms with Crippen LogP contribution in [0.15, 0.2) is 24.3 Å². The van der Waals surface area contributed by atoms with Gasteiger partial charge in [-0.05, 0) is 5.56 Å². The molecule has 0 spiro atoms. The zero-order valence-electron chi connectivity index (χ0n) is 9.51. The van der Waals surface area contributed by atoms with Crippen molar-refractivity contribution in [1.29, 1.82) is 0 Å². The smallest absolute Gasteiger partial charge is 0.324 e. The molecule has 1 rings (SSSR count). The van der Waals surface area contributed by atoms with E-state index in [9.17, 15) is 14.4 Å². The lowest BCUT2D eigenvalue weighted by molar-refractivity contribution is -0.154. The van der Waals surface area contributed by atoms with Gasteiger partial charge in [-0.3, -0.25) is 14.4 Å². The van der Waals surface area contributed by atoms with E-state index in [4.69, 9.17) is 0 Å². The van der Waals surface area contributed by atoms with Crippen LogP contribution >= 0.6 is 0 Å². The first-order valence-corrected chi connectivity index (χ1v) is 4.85. The van der Waals surface area contributed by atoms with Gasteiger partial charge in [0.1, 0.15) is 6.29 Å². The van der Waals surface area contributed by atoms with Crippen LogP contribution in [0.4, 0.5) is 0 Å². The van der Waals surface area contributed by atoms with Crippen molar-refractivity contribution in [2.24, 2.45) is 0 Å². The maximum atomic E-state index is 11.5. The number of hydrogen-bond donors (Lipinski definition) is 0. The minimum atomic E-state index is -1.23. The van der Waals surface area contributed by atoms with Gasteiger partial charge in [-0.15, -0.1) is 0 Å². The number of methoxy groups -OCH3 is 2. The third-order valence-electron chi connectivity index (χ3n) is 2.31. The summed E-state index contributed by atoms with van der Waals surface area (Å²) in [5.74, 6) is -2.75. The van der Waals surface area contributed by atoms with Crippen molar-refractivity contribution in [2.45, 2.75) is 5.92 Å². The van der Waals surface area contributed by atoms with Gasteiger partial charge in [0.2, 0.25) is 0 Å². The van der Waals surface area contributed by atoms with Gasteiger partial charge in [0, 0.05) is 5.56 Å². The zero-order valence-corrected chi connectivity index (χ0v) is 9.51. The number of aldehydes is 1. The molecule has 90 valence electrons. The Bertz CT molecular complexity index is 422. The average Bonchev–Trinajstić information content (AvgIpc) is 2.39. The summed E-state index contributed by atoms with van der Waals surface area (Å²) in [6.45, 7) is 0. The Morgan fingerprint density at radius 2 is 1.65 bits per heavy atom. The second-order valence-corrected chi connectivity index (χ2v) is 3.23. The highest BCUT2D eigenvalue weighted by Gasteiger charge is 2.32. The minimum absolute atomic E-state index is 0.258. The van der Waals surface area contributed by atoms with E-state index in [1.165, 1.54) is 26.4 Å². The number of hydrogen-bond acceptors (Lipinski definition) is 5. The molecular weight excluding hydrogens is 224 g/mol. The third kappa shape index (κ3) is 2.69. The quantitative estimate of drug-likeness (QED) is 0.442. The fraction of sp³-hybridized carbons (Fsp3) is 0.250. The van der Waals surface area contributed by atoms with Crippen LogP contribution in [0.2, 0.25) is 0 Å². The van der Waals surface area contributed by atoms with E-state index in [0.29, 0.717) is 6.29 Å². The van der Waals surface area contributed by atoms with Gasteiger partial charge in [0.05, 0.1) is 14.2 Å². The monoisotopic (exact) mass is 236 g/mol. The van der Waals surface area contributed by atoms with Crippen molar-refractivity contribution in [3.8, 4) is 0 Å². The summed E-state index contributed by atoms with van der Waals surface area (Å²) in [4.78, 5) is 33.9. The fourth-order valence-corrected chi connectivity index (χ4v) is 1.47. The number of carbonyl (C=O) groups is 3. The second-order valence-electron chi connectivity index (χ2n) is 3.23. The molecule has 0 unspecified atom stereocenters. The van der Waals surface area contributed by atoms with Gasteiger partial charge in [0.25, 0.3) is 0 Å². The topological polar surface area (TPSA) is 69.7 Å². The lowest BCUT2D eigenvalue weighted by atomic mass is 9.95. The van der Waals surface area contributed by atoms with E-state index in [1.807, 2.05) is 0 Å². The maximum absolute atomic E-state index is 11.5. The molecule has 1 aromatic carbocycles. The summed E-state index contributed by atoms with van der Waals surface area (Å²) in [6.07, 6.45) is 0.578. The maximum Gasteiger partial charge on any atom is 0.324 e. The van der Waals surface area contributed by atoms with Gasteiger partial charge >= 0.3 is 11.9 Å². The molecule has 5 heteroatoms. The van der Waals surface area contributed by atoms with Crippen LogP contribution in [-0.4, -0.2) is 32.4 Å². The van der Waals surface area contributed by atoms with Gasteiger partial charge in [-0.1, -0.05) is 24.3 Å². The highest BCUT2D eigenvalue weighted by Crippen LogP contribution is 2.22. The Hall–Kier alpha value is -2.17. The molecule has 0 N–H and O–H groups in total. The molecule has 1 aromatic rings. The number of ether oxygens (including phenoxy) is 2. The summed E-state index contributed by atoms with van der Waals surface area (Å²) in [5, 5.41) is 0. The minimum Gasteiger partial charge on any atom is -0.468 e. The average molecular weight is 236 g/mol. The Kier molecular flexibility index (Phi) is 4.39. The van der Waals surface area contributed by atoms with Crippen LogP contribution in [0.25, 0.3) is 0 Å². The molecule has 0 aliphatic rings. The van der Waals surface area contributed by atoms with Gasteiger partial charge in [-0.25, -0.2) is 0 Å². The molecule has 0 amide bonds.